The highest BCUT2D eigenvalue weighted by Crippen LogP contribution is 2.20. The maximum absolute atomic E-state index is 12.6. The molecule has 2 atom stereocenters. The lowest BCUT2D eigenvalue weighted by Gasteiger charge is -2.15. The standard InChI is InChI=1S/C21H23NO3.ClH/c1-15(21(24)25-14-19-11-6-12-22-19)17-9-5-10-18(13-17)20(23)16-7-3-2-4-8-16;/h2-5,7-10,13,15,19,22H,6,11-12,14H2,1H3;1H. The van der Waals surface area contributed by atoms with Gasteiger partial charge in [0, 0.05) is 17.2 Å². The van der Waals surface area contributed by atoms with Gasteiger partial charge < -0.3 is 10.1 Å². The van der Waals surface area contributed by atoms with Crippen molar-refractivity contribution in [1.29, 1.82) is 0 Å². The molecular weight excluding hydrogens is 350 g/mol. The molecule has 0 radical (unpaired) electrons. The first-order valence-corrected chi connectivity index (χ1v) is 8.75. The Morgan fingerprint density at radius 3 is 2.54 bits per heavy atom. The number of carbonyl (C=O) groups is 2. The van der Waals surface area contributed by atoms with E-state index in [0.29, 0.717) is 17.7 Å². The van der Waals surface area contributed by atoms with Crippen LogP contribution in [-0.2, 0) is 9.53 Å². The summed E-state index contributed by atoms with van der Waals surface area (Å²) >= 11 is 0. The topological polar surface area (TPSA) is 55.4 Å². The predicted octanol–water partition coefficient (Wildman–Crippen LogP) is 3.74. The minimum atomic E-state index is -0.398. The molecule has 0 saturated carbocycles. The van der Waals surface area contributed by atoms with Gasteiger partial charge >= 0.3 is 5.97 Å². The van der Waals surface area contributed by atoms with E-state index in [-0.39, 0.29) is 30.2 Å². The van der Waals surface area contributed by atoms with E-state index in [2.05, 4.69) is 5.32 Å². The van der Waals surface area contributed by atoms with Crippen molar-refractivity contribution in [2.45, 2.75) is 31.7 Å². The summed E-state index contributed by atoms with van der Waals surface area (Å²) in [6.45, 7) is 3.21. The van der Waals surface area contributed by atoms with Gasteiger partial charge in [0.05, 0.1) is 5.92 Å². The van der Waals surface area contributed by atoms with Crippen molar-refractivity contribution in [3.63, 3.8) is 0 Å². The van der Waals surface area contributed by atoms with Crippen molar-refractivity contribution < 1.29 is 14.3 Å². The number of carbonyl (C=O) groups excluding carboxylic acids is 2. The van der Waals surface area contributed by atoms with Crippen molar-refractivity contribution in [3.05, 3.63) is 71.3 Å². The average molecular weight is 374 g/mol. The van der Waals surface area contributed by atoms with Gasteiger partial charge in [0.1, 0.15) is 6.61 Å². The molecule has 1 heterocycles. The van der Waals surface area contributed by atoms with E-state index in [9.17, 15) is 9.59 Å². The molecule has 0 aromatic heterocycles. The summed E-state index contributed by atoms with van der Waals surface area (Å²) in [7, 11) is 0. The molecule has 26 heavy (non-hydrogen) atoms. The second-order valence-corrected chi connectivity index (χ2v) is 6.47. The monoisotopic (exact) mass is 373 g/mol. The zero-order valence-electron chi connectivity index (χ0n) is 14.8. The van der Waals surface area contributed by atoms with Gasteiger partial charge in [-0.3, -0.25) is 9.59 Å². The van der Waals surface area contributed by atoms with Gasteiger partial charge in [-0.05, 0) is 37.9 Å². The highest BCUT2D eigenvalue weighted by atomic mass is 35.5. The van der Waals surface area contributed by atoms with Crippen LogP contribution in [0, 0.1) is 0 Å². The van der Waals surface area contributed by atoms with Gasteiger partial charge in [-0.25, -0.2) is 0 Å². The summed E-state index contributed by atoms with van der Waals surface area (Å²) in [6.07, 6.45) is 2.17. The highest BCUT2D eigenvalue weighted by Gasteiger charge is 2.21. The lowest BCUT2D eigenvalue weighted by atomic mass is 9.96. The number of hydrogen-bond acceptors (Lipinski definition) is 4. The predicted molar refractivity (Wildman–Crippen MR) is 104 cm³/mol. The Morgan fingerprint density at radius 2 is 1.85 bits per heavy atom. The van der Waals surface area contributed by atoms with Gasteiger partial charge in [-0.2, -0.15) is 0 Å². The Hall–Kier alpha value is -2.17. The van der Waals surface area contributed by atoms with Crippen molar-refractivity contribution in [3.8, 4) is 0 Å². The molecule has 0 aliphatic carbocycles. The summed E-state index contributed by atoms with van der Waals surface area (Å²) < 4.78 is 5.44. The van der Waals surface area contributed by atoms with Gasteiger partial charge in [0.15, 0.2) is 5.78 Å². The molecule has 3 rings (SSSR count). The molecule has 1 aliphatic rings. The lowest BCUT2D eigenvalue weighted by Crippen LogP contribution is -2.29. The maximum atomic E-state index is 12.6. The minimum absolute atomic E-state index is 0. The number of halogens is 1. The van der Waals surface area contributed by atoms with E-state index < -0.39 is 5.92 Å². The molecule has 0 spiro atoms. The molecule has 1 saturated heterocycles. The minimum Gasteiger partial charge on any atom is -0.464 e. The normalized spacial score (nSPS) is 17.2. The third kappa shape index (κ3) is 4.93. The van der Waals surface area contributed by atoms with Crippen LogP contribution in [0.4, 0.5) is 0 Å². The van der Waals surface area contributed by atoms with Gasteiger partial charge in [-0.15, -0.1) is 12.4 Å². The second kappa shape index (κ2) is 9.51. The SMILES string of the molecule is CC(C(=O)OCC1CCCN1)c1cccc(C(=O)c2ccccc2)c1.Cl. The van der Waals surface area contributed by atoms with Crippen molar-refractivity contribution in [1.82, 2.24) is 5.32 Å². The number of esters is 1. The maximum Gasteiger partial charge on any atom is 0.313 e. The summed E-state index contributed by atoms with van der Waals surface area (Å²) in [5, 5.41) is 3.31. The van der Waals surface area contributed by atoms with Gasteiger partial charge in [0.2, 0.25) is 0 Å². The largest absolute Gasteiger partial charge is 0.464 e. The molecule has 0 bridgehead atoms. The van der Waals surface area contributed by atoms with E-state index in [0.717, 1.165) is 24.9 Å². The number of rotatable bonds is 6. The molecule has 2 unspecified atom stereocenters. The fourth-order valence-corrected chi connectivity index (χ4v) is 3.05. The van der Waals surface area contributed by atoms with Crippen LogP contribution < -0.4 is 5.32 Å². The van der Waals surface area contributed by atoms with E-state index in [4.69, 9.17) is 4.74 Å². The molecule has 2 aromatic carbocycles. The molecule has 1 fully saturated rings. The Bertz CT molecular complexity index is 742. The first-order valence-electron chi connectivity index (χ1n) is 8.75. The van der Waals surface area contributed by atoms with E-state index in [1.165, 1.54) is 0 Å². The zero-order valence-corrected chi connectivity index (χ0v) is 15.6. The number of nitrogens with one attached hydrogen (secondary N) is 1. The van der Waals surface area contributed by atoms with Crippen LogP contribution in [0.5, 0.6) is 0 Å². The average Bonchev–Trinajstić information content (AvgIpc) is 3.19. The lowest BCUT2D eigenvalue weighted by molar-refractivity contribution is -0.145. The Balaban J connectivity index is 0.00000243. The first kappa shape index (κ1) is 20.1. The fraction of sp³-hybridized carbons (Fsp3) is 0.333. The van der Waals surface area contributed by atoms with Crippen molar-refractivity contribution in [2.75, 3.05) is 13.2 Å². The van der Waals surface area contributed by atoms with Crippen molar-refractivity contribution >= 4 is 24.2 Å². The van der Waals surface area contributed by atoms with E-state index >= 15 is 0 Å². The molecule has 5 heteroatoms. The zero-order chi connectivity index (χ0) is 17.6. The molecular formula is C21H24ClNO3. The fourth-order valence-electron chi connectivity index (χ4n) is 3.05. The number of ketones is 1. The van der Waals surface area contributed by atoms with Crippen LogP contribution >= 0.6 is 12.4 Å². The summed E-state index contributed by atoms with van der Waals surface area (Å²) in [5.41, 5.74) is 2.02. The number of ether oxygens (including phenoxy) is 1. The Kier molecular flexibility index (Phi) is 7.37. The van der Waals surface area contributed by atoms with Crippen LogP contribution in [0.1, 0.15) is 47.2 Å². The molecule has 2 aromatic rings. The van der Waals surface area contributed by atoms with Crippen LogP contribution in [-0.4, -0.2) is 30.9 Å². The molecule has 1 aliphatic heterocycles. The molecule has 138 valence electrons. The summed E-state index contributed by atoms with van der Waals surface area (Å²) in [4.78, 5) is 24.9. The van der Waals surface area contributed by atoms with Crippen LogP contribution in [0.15, 0.2) is 54.6 Å². The third-order valence-electron chi connectivity index (χ3n) is 4.63. The molecule has 1 N–H and O–H groups in total. The van der Waals surface area contributed by atoms with Crippen LogP contribution in [0.3, 0.4) is 0 Å². The van der Waals surface area contributed by atoms with Crippen LogP contribution in [0.25, 0.3) is 0 Å². The molecule has 4 nitrogen and oxygen atoms in total. The number of benzene rings is 2. The van der Waals surface area contributed by atoms with E-state index in [1.807, 2.05) is 37.3 Å². The van der Waals surface area contributed by atoms with E-state index in [1.54, 1.807) is 24.3 Å². The number of hydrogen-bond donors (Lipinski definition) is 1. The third-order valence-corrected chi connectivity index (χ3v) is 4.63. The first-order chi connectivity index (χ1) is 12.1. The van der Waals surface area contributed by atoms with Gasteiger partial charge in [-0.1, -0.05) is 48.5 Å². The quantitative estimate of drug-likeness (QED) is 0.619. The van der Waals surface area contributed by atoms with Crippen LogP contribution in [0.2, 0.25) is 0 Å². The highest BCUT2D eigenvalue weighted by molar-refractivity contribution is 6.09. The second-order valence-electron chi connectivity index (χ2n) is 6.47. The smallest absolute Gasteiger partial charge is 0.313 e. The summed E-state index contributed by atoms with van der Waals surface area (Å²) in [5.74, 6) is -0.693. The Morgan fingerprint density at radius 1 is 1.12 bits per heavy atom. The van der Waals surface area contributed by atoms with Gasteiger partial charge in [0.25, 0.3) is 0 Å². The Labute approximate surface area is 160 Å². The summed E-state index contributed by atoms with van der Waals surface area (Å²) in [6, 6.07) is 16.7. The molecule has 0 amide bonds. The van der Waals surface area contributed by atoms with Crippen molar-refractivity contribution in [2.24, 2.45) is 0 Å².